The maximum absolute atomic E-state index is 11.7. The molecule has 0 aromatic rings. The first-order valence-corrected chi connectivity index (χ1v) is 9.36. The van der Waals surface area contributed by atoms with Crippen LogP contribution in [0.2, 0.25) is 0 Å². The highest BCUT2D eigenvalue weighted by Crippen LogP contribution is 2.78. The Kier molecular flexibility index (Phi) is 3.81. The Morgan fingerprint density at radius 3 is 2.22 bits per heavy atom. The Morgan fingerprint density at radius 2 is 1.72 bits per heavy atom. The number of hydrogen-bond acceptors (Lipinski definition) is 4. The van der Waals surface area contributed by atoms with Crippen LogP contribution in [-0.2, 0) is 9.13 Å². The van der Waals surface area contributed by atoms with Gasteiger partial charge in [0.25, 0.3) is 0 Å². The molecule has 7 nitrogen and oxygen atoms in total. The summed E-state index contributed by atoms with van der Waals surface area (Å²) in [5.74, 6) is -0.809. The van der Waals surface area contributed by atoms with Crippen molar-refractivity contribution >= 4 is 27.8 Å². The Bertz CT molecular complexity index is 411. The third-order valence-corrected chi connectivity index (χ3v) is 9.24. The molecule has 1 heterocycles. The van der Waals surface area contributed by atoms with Gasteiger partial charge in [-0.25, -0.2) is 0 Å². The number of nitrogens with one attached hydrogen (secondary N) is 1. The standard InChI is InChI=1S/C8H17NO6P2S/c10-16(11,12)8(17(13,14)15)2-1-5-3-7(18)9-4-6(5)8/h5-7,9,18H,1-4H2,(H2,10,11,12)(H2,13,14,15). The fourth-order valence-electron chi connectivity index (χ4n) is 3.30. The fourth-order valence-corrected chi connectivity index (χ4v) is 7.34. The Balaban J connectivity index is 2.45. The fraction of sp³-hybridized carbons (Fsp3) is 1.00. The lowest BCUT2D eigenvalue weighted by molar-refractivity contribution is 0.228. The van der Waals surface area contributed by atoms with Crippen molar-refractivity contribution in [2.45, 2.75) is 29.5 Å². The molecule has 0 radical (unpaired) electrons. The quantitative estimate of drug-likeness (QED) is 0.320. The van der Waals surface area contributed by atoms with Crippen molar-refractivity contribution in [1.82, 2.24) is 5.32 Å². The molecular formula is C8H17NO6P2S. The SMILES string of the molecule is O=P(O)(O)C1(P(=O)(O)O)CCC2CC(S)NCC21. The average Bonchev–Trinajstić information content (AvgIpc) is 2.54. The second kappa shape index (κ2) is 4.57. The normalized spacial score (nSPS) is 36.4. The highest BCUT2D eigenvalue weighted by atomic mass is 32.1. The zero-order chi connectivity index (χ0) is 13.8. The van der Waals surface area contributed by atoms with Crippen LogP contribution in [0.1, 0.15) is 19.3 Å². The van der Waals surface area contributed by atoms with Gasteiger partial charge < -0.3 is 24.9 Å². The van der Waals surface area contributed by atoms with Crippen LogP contribution in [0.4, 0.5) is 0 Å². The van der Waals surface area contributed by atoms with Crippen molar-refractivity contribution in [3.8, 4) is 0 Å². The van der Waals surface area contributed by atoms with Crippen molar-refractivity contribution in [3.05, 3.63) is 0 Å². The molecule has 2 fully saturated rings. The van der Waals surface area contributed by atoms with Crippen LogP contribution in [0.5, 0.6) is 0 Å². The summed E-state index contributed by atoms with van der Waals surface area (Å²) in [6, 6.07) is 0. The van der Waals surface area contributed by atoms with E-state index in [1.54, 1.807) is 0 Å². The summed E-state index contributed by atoms with van der Waals surface area (Å²) in [5.41, 5.74) is 0. The lowest BCUT2D eigenvalue weighted by atomic mass is 9.89. The smallest absolute Gasteiger partial charge is 0.324 e. The molecule has 3 atom stereocenters. The van der Waals surface area contributed by atoms with Crippen molar-refractivity contribution in [3.63, 3.8) is 0 Å². The van der Waals surface area contributed by atoms with Gasteiger partial charge in [-0.05, 0) is 25.2 Å². The summed E-state index contributed by atoms with van der Waals surface area (Å²) in [5, 5.41) is 2.84. The van der Waals surface area contributed by atoms with Gasteiger partial charge in [0.15, 0.2) is 4.90 Å². The van der Waals surface area contributed by atoms with Crippen LogP contribution in [0.3, 0.4) is 0 Å². The summed E-state index contributed by atoms with van der Waals surface area (Å²) >= 11 is 4.25. The number of fused-ring (bicyclic) bond motifs is 1. The molecule has 5 N–H and O–H groups in total. The van der Waals surface area contributed by atoms with Crippen molar-refractivity contribution in [2.75, 3.05) is 6.54 Å². The molecule has 1 aliphatic heterocycles. The molecular weight excluding hydrogens is 300 g/mol. The number of thiol groups is 1. The van der Waals surface area contributed by atoms with Crippen LogP contribution in [-0.4, -0.2) is 36.4 Å². The maximum Gasteiger partial charge on any atom is 0.344 e. The summed E-state index contributed by atoms with van der Waals surface area (Å²) in [6.45, 7) is 0.176. The molecule has 1 aliphatic carbocycles. The molecule has 0 aromatic heterocycles. The molecule has 106 valence electrons. The molecule has 2 rings (SSSR count). The van der Waals surface area contributed by atoms with Crippen molar-refractivity contribution in [2.24, 2.45) is 11.8 Å². The zero-order valence-corrected chi connectivity index (χ0v) is 12.2. The molecule has 1 saturated heterocycles. The van der Waals surface area contributed by atoms with Gasteiger partial charge >= 0.3 is 15.2 Å². The van der Waals surface area contributed by atoms with Gasteiger partial charge in [0.05, 0.1) is 5.37 Å². The van der Waals surface area contributed by atoms with Crippen molar-refractivity contribution in [1.29, 1.82) is 0 Å². The number of rotatable bonds is 2. The van der Waals surface area contributed by atoms with Gasteiger partial charge in [-0.15, -0.1) is 0 Å². The lowest BCUT2D eigenvalue weighted by Gasteiger charge is -2.41. The number of piperidine rings is 1. The highest BCUT2D eigenvalue weighted by Gasteiger charge is 2.69. The van der Waals surface area contributed by atoms with Crippen LogP contribution < -0.4 is 5.32 Å². The summed E-state index contributed by atoms with van der Waals surface area (Å²) in [6.07, 6.45) is 0.841. The molecule has 0 aromatic carbocycles. The van der Waals surface area contributed by atoms with Gasteiger partial charge in [-0.1, -0.05) is 0 Å². The molecule has 0 amide bonds. The predicted octanol–water partition coefficient (Wildman–Crippen LogP) is 0.313. The van der Waals surface area contributed by atoms with E-state index in [0.717, 1.165) is 0 Å². The van der Waals surface area contributed by atoms with Gasteiger partial charge in [-0.2, -0.15) is 12.6 Å². The Morgan fingerprint density at radius 1 is 1.17 bits per heavy atom. The molecule has 3 unspecified atom stereocenters. The van der Waals surface area contributed by atoms with Crippen LogP contribution in [0.15, 0.2) is 0 Å². The van der Waals surface area contributed by atoms with Crippen LogP contribution in [0, 0.1) is 11.8 Å². The minimum absolute atomic E-state index is 0.0874. The first-order chi connectivity index (χ1) is 8.09. The van der Waals surface area contributed by atoms with E-state index in [0.29, 0.717) is 12.8 Å². The van der Waals surface area contributed by atoms with Gasteiger partial charge in [0.2, 0.25) is 0 Å². The van der Waals surface area contributed by atoms with E-state index in [1.165, 1.54) is 0 Å². The van der Waals surface area contributed by atoms with Crippen LogP contribution >= 0.6 is 27.8 Å². The van der Waals surface area contributed by atoms with Crippen LogP contribution in [0.25, 0.3) is 0 Å². The first kappa shape index (κ1) is 15.0. The van der Waals surface area contributed by atoms with E-state index in [2.05, 4.69) is 17.9 Å². The Labute approximate surface area is 110 Å². The summed E-state index contributed by atoms with van der Waals surface area (Å²) < 4.78 is 23.4. The third kappa shape index (κ3) is 2.13. The highest BCUT2D eigenvalue weighted by molar-refractivity contribution is 7.80. The summed E-state index contributed by atoms with van der Waals surface area (Å²) in [4.78, 5) is 35.7. The van der Waals surface area contributed by atoms with Gasteiger partial charge in [0, 0.05) is 12.5 Å². The van der Waals surface area contributed by atoms with E-state index in [-0.39, 0.29) is 24.3 Å². The van der Waals surface area contributed by atoms with E-state index < -0.39 is 26.0 Å². The maximum atomic E-state index is 11.7. The molecule has 18 heavy (non-hydrogen) atoms. The van der Waals surface area contributed by atoms with E-state index in [4.69, 9.17) is 0 Å². The van der Waals surface area contributed by atoms with E-state index in [1.807, 2.05) is 0 Å². The second-order valence-corrected chi connectivity index (χ2v) is 9.78. The zero-order valence-electron chi connectivity index (χ0n) is 9.51. The second-order valence-electron chi connectivity index (χ2n) is 5.03. The molecule has 2 aliphatic rings. The van der Waals surface area contributed by atoms with Crippen molar-refractivity contribution < 1.29 is 28.7 Å². The monoisotopic (exact) mass is 317 g/mol. The Hall–Kier alpha value is 0.610. The molecule has 0 bridgehead atoms. The first-order valence-electron chi connectivity index (χ1n) is 5.62. The molecule has 10 heteroatoms. The predicted molar refractivity (Wildman–Crippen MR) is 68.4 cm³/mol. The number of hydrogen-bond donors (Lipinski definition) is 6. The lowest BCUT2D eigenvalue weighted by Crippen LogP contribution is -2.47. The summed E-state index contributed by atoms with van der Waals surface area (Å²) in [7, 11) is -9.81. The minimum Gasteiger partial charge on any atom is -0.324 e. The minimum atomic E-state index is -4.90. The topological polar surface area (TPSA) is 127 Å². The van der Waals surface area contributed by atoms with Gasteiger partial charge in [0.1, 0.15) is 0 Å². The molecule has 1 saturated carbocycles. The largest absolute Gasteiger partial charge is 0.344 e. The van der Waals surface area contributed by atoms with Gasteiger partial charge in [-0.3, -0.25) is 9.13 Å². The molecule has 0 spiro atoms. The average molecular weight is 317 g/mol. The van der Waals surface area contributed by atoms with E-state index >= 15 is 0 Å². The van der Waals surface area contributed by atoms with E-state index in [9.17, 15) is 28.7 Å². The third-order valence-electron chi connectivity index (χ3n) is 4.15.